The predicted molar refractivity (Wildman–Crippen MR) is 135 cm³/mol. The molecule has 1 heterocycles. The number of hydrogen-bond donors (Lipinski definition) is 1. The second-order valence-corrected chi connectivity index (χ2v) is 9.11. The van der Waals surface area contributed by atoms with Crippen molar-refractivity contribution in [3.05, 3.63) is 130 Å². The SMILES string of the molecule is Cc1ccc(O)c(C(=O)[C@@H](c2ccccc2)[C@@H]2C(=O)c3cc(C)ccc3O[C@H]2c2ccccc2)c1. The Morgan fingerprint density at radius 3 is 2.17 bits per heavy atom. The van der Waals surface area contributed by atoms with Gasteiger partial charge in [-0.15, -0.1) is 0 Å². The number of phenols is 1. The maximum Gasteiger partial charge on any atom is 0.174 e. The highest BCUT2D eigenvalue weighted by atomic mass is 16.5. The molecule has 0 amide bonds. The summed E-state index contributed by atoms with van der Waals surface area (Å²) in [5, 5.41) is 10.6. The van der Waals surface area contributed by atoms with Crippen LogP contribution < -0.4 is 4.74 Å². The van der Waals surface area contributed by atoms with Crippen molar-refractivity contribution >= 4 is 11.6 Å². The van der Waals surface area contributed by atoms with Gasteiger partial charge in [0.25, 0.3) is 0 Å². The maximum absolute atomic E-state index is 14.2. The fraction of sp³-hybridized carbons (Fsp3) is 0.161. The summed E-state index contributed by atoms with van der Waals surface area (Å²) in [6.45, 7) is 3.80. The highest BCUT2D eigenvalue weighted by molar-refractivity contribution is 6.10. The largest absolute Gasteiger partial charge is 0.507 e. The fourth-order valence-corrected chi connectivity index (χ4v) is 4.91. The van der Waals surface area contributed by atoms with E-state index in [1.54, 1.807) is 12.1 Å². The van der Waals surface area contributed by atoms with Gasteiger partial charge in [0, 0.05) is 0 Å². The molecule has 0 radical (unpaired) electrons. The molecule has 3 atom stereocenters. The Balaban J connectivity index is 1.73. The third-order valence-electron chi connectivity index (χ3n) is 6.63. The molecule has 0 spiro atoms. The number of aromatic hydroxyl groups is 1. The average molecular weight is 463 g/mol. The Bertz CT molecular complexity index is 1390. The first-order chi connectivity index (χ1) is 16.9. The number of ketones is 2. The number of hydrogen-bond acceptors (Lipinski definition) is 4. The minimum absolute atomic E-state index is 0.0989. The highest BCUT2D eigenvalue weighted by Crippen LogP contribution is 2.47. The maximum atomic E-state index is 14.2. The van der Waals surface area contributed by atoms with E-state index in [0.29, 0.717) is 16.9 Å². The number of rotatable bonds is 5. The molecule has 1 N–H and O–H groups in total. The molecule has 1 aliphatic heterocycles. The summed E-state index contributed by atoms with van der Waals surface area (Å²) in [4.78, 5) is 28.3. The van der Waals surface area contributed by atoms with Gasteiger partial charge in [-0.05, 0) is 49.2 Å². The predicted octanol–water partition coefficient (Wildman–Crippen LogP) is 6.61. The molecule has 4 heteroatoms. The third-order valence-corrected chi connectivity index (χ3v) is 6.63. The molecule has 0 aromatic heterocycles. The summed E-state index contributed by atoms with van der Waals surface area (Å²) < 4.78 is 6.46. The zero-order chi connectivity index (χ0) is 24.5. The zero-order valence-electron chi connectivity index (χ0n) is 19.6. The van der Waals surface area contributed by atoms with Crippen molar-refractivity contribution in [2.45, 2.75) is 25.9 Å². The van der Waals surface area contributed by atoms with Crippen molar-refractivity contribution < 1.29 is 19.4 Å². The number of benzene rings is 4. The van der Waals surface area contributed by atoms with Gasteiger partial charge in [-0.3, -0.25) is 9.59 Å². The van der Waals surface area contributed by atoms with E-state index in [2.05, 4.69) is 0 Å². The van der Waals surface area contributed by atoms with Crippen LogP contribution in [0.5, 0.6) is 11.5 Å². The van der Waals surface area contributed by atoms with Gasteiger partial charge in [-0.1, -0.05) is 83.9 Å². The standard InChI is InChI=1S/C31H26O4/c1-19-13-15-25(32)23(17-19)29(33)27(21-9-5-3-6-10-21)28-30(34)24-18-20(2)14-16-26(24)35-31(28)22-11-7-4-8-12-22/h3-18,27-28,31-32H,1-2H3/t27-,28+,31-/m0/s1. The number of ether oxygens (including phenoxy) is 1. The third kappa shape index (κ3) is 4.24. The van der Waals surface area contributed by atoms with Crippen LogP contribution in [0.3, 0.4) is 0 Å². The second-order valence-electron chi connectivity index (χ2n) is 9.11. The van der Waals surface area contributed by atoms with E-state index in [1.807, 2.05) is 92.7 Å². The van der Waals surface area contributed by atoms with Crippen molar-refractivity contribution in [1.82, 2.24) is 0 Å². The lowest BCUT2D eigenvalue weighted by atomic mass is 9.71. The first-order valence-electron chi connectivity index (χ1n) is 11.7. The molecule has 0 aliphatic carbocycles. The summed E-state index contributed by atoms with van der Waals surface area (Å²) in [6, 6.07) is 29.4. The van der Waals surface area contributed by atoms with Crippen LogP contribution in [0.15, 0.2) is 97.1 Å². The Morgan fingerprint density at radius 2 is 1.46 bits per heavy atom. The summed E-state index contributed by atoms with van der Waals surface area (Å²) >= 11 is 0. The molecule has 4 nitrogen and oxygen atoms in total. The van der Waals surface area contributed by atoms with Crippen molar-refractivity contribution in [1.29, 1.82) is 0 Å². The first-order valence-corrected chi connectivity index (χ1v) is 11.7. The Labute approximate surface area is 204 Å². The normalized spacial score (nSPS) is 17.8. The van der Waals surface area contributed by atoms with Crippen LogP contribution in [0.1, 0.15) is 55.0 Å². The van der Waals surface area contributed by atoms with E-state index in [0.717, 1.165) is 16.7 Å². The lowest BCUT2D eigenvalue weighted by Crippen LogP contribution is -2.39. The van der Waals surface area contributed by atoms with Gasteiger partial charge in [0.1, 0.15) is 17.6 Å². The molecule has 174 valence electrons. The van der Waals surface area contributed by atoms with Crippen LogP contribution in [0, 0.1) is 19.8 Å². The van der Waals surface area contributed by atoms with Gasteiger partial charge in [0.05, 0.1) is 23.0 Å². The summed E-state index contributed by atoms with van der Waals surface area (Å²) in [6.07, 6.45) is -0.667. The van der Waals surface area contributed by atoms with Crippen LogP contribution >= 0.6 is 0 Å². The molecule has 0 saturated carbocycles. The van der Waals surface area contributed by atoms with Crippen LogP contribution in [0.25, 0.3) is 0 Å². The van der Waals surface area contributed by atoms with E-state index < -0.39 is 17.9 Å². The van der Waals surface area contributed by atoms with Crippen molar-refractivity contribution in [2.75, 3.05) is 0 Å². The Kier molecular flexibility index (Phi) is 5.96. The quantitative estimate of drug-likeness (QED) is 0.339. The van der Waals surface area contributed by atoms with E-state index in [1.165, 1.54) is 6.07 Å². The fourth-order valence-electron chi connectivity index (χ4n) is 4.91. The lowest BCUT2D eigenvalue weighted by molar-refractivity contribution is 0.0547. The topological polar surface area (TPSA) is 63.6 Å². The van der Waals surface area contributed by atoms with Gasteiger partial charge in [-0.25, -0.2) is 0 Å². The van der Waals surface area contributed by atoms with E-state index >= 15 is 0 Å². The van der Waals surface area contributed by atoms with Gasteiger partial charge in [0.15, 0.2) is 11.6 Å². The van der Waals surface area contributed by atoms with Crippen LogP contribution in [-0.2, 0) is 0 Å². The summed E-state index contributed by atoms with van der Waals surface area (Å²) in [7, 11) is 0. The molecule has 4 aromatic rings. The molecular weight excluding hydrogens is 436 g/mol. The van der Waals surface area contributed by atoms with Gasteiger partial charge < -0.3 is 9.84 Å². The molecule has 5 rings (SSSR count). The zero-order valence-corrected chi connectivity index (χ0v) is 19.6. The van der Waals surface area contributed by atoms with Gasteiger partial charge in [-0.2, -0.15) is 0 Å². The first kappa shape index (κ1) is 22.6. The molecule has 4 aromatic carbocycles. The van der Waals surface area contributed by atoms with Crippen LogP contribution in [0.4, 0.5) is 0 Å². The van der Waals surface area contributed by atoms with Gasteiger partial charge in [0.2, 0.25) is 0 Å². The molecule has 35 heavy (non-hydrogen) atoms. The van der Waals surface area contributed by atoms with E-state index in [4.69, 9.17) is 4.74 Å². The van der Waals surface area contributed by atoms with E-state index in [9.17, 15) is 14.7 Å². The molecule has 0 fully saturated rings. The molecule has 0 unspecified atom stereocenters. The molecule has 1 aliphatic rings. The Morgan fingerprint density at radius 1 is 0.829 bits per heavy atom. The minimum atomic E-state index is -0.852. The Hall–Kier alpha value is -4.18. The summed E-state index contributed by atoms with van der Waals surface area (Å²) in [5.41, 5.74) is 4.00. The molecule has 0 saturated heterocycles. The number of carbonyl (C=O) groups excluding carboxylic acids is 2. The average Bonchev–Trinajstić information content (AvgIpc) is 2.88. The van der Waals surface area contributed by atoms with Crippen LogP contribution in [-0.4, -0.2) is 16.7 Å². The second kappa shape index (κ2) is 9.22. The van der Waals surface area contributed by atoms with Gasteiger partial charge >= 0.3 is 0 Å². The number of aryl methyl sites for hydroxylation is 2. The van der Waals surface area contributed by atoms with Crippen molar-refractivity contribution in [2.24, 2.45) is 5.92 Å². The number of carbonyl (C=O) groups is 2. The number of phenolic OH excluding ortho intramolecular Hbond substituents is 1. The van der Waals surface area contributed by atoms with E-state index in [-0.39, 0.29) is 22.9 Å². The highest BCUT2D eigenvalue weighted by Gasteiger charge is 2.46. The van der Waals surface area contributed by atoms with Crippen molar-refractivity contribution in [3.63, 3.8) is 0 Å². The smallest absolute Gasteiger partial charge is 0.174 e. The minimum Gasteiger partial charge on any atom is -0.507 e. The number of Topliss-reactive ketones (excluding diaryl/α,β-unsaturated/α-hetero) is 2. The van der Waals surface area contributed by atoms with Crippen LogP contribution in [0.2, 0.25) is 0 Å². The summed E-state index contributed by atoms with van der Waals surface area (Å²) in [5.74, 6) is -1.70. The van der Waals surface area contributed by atoms with Crippen molar-refractivity contribution in [3.8, 4) is 11.5 Å². The molecule has 0 bridgehead atoms. The molecular formula is C31H26O4. The monoisotopic (exact) mass is 462 g/mol. The number of fused-ring (bicyclic) bond motifs is 1. The lowest BCUT2D eigenvalue weighted by Gasteiger charge is -2.37.